The van der Waals surface area contributed by atoms with Crippen LogP contribution in [0.15, 0.2) is 24.3 Å². The van der Waals surface area contributed by atoms with Gasteiger partial charge in [0.2, 0.25) is 0 Å². The number of fused-ring (bicyclic) bond motifs is 2. The van der Waals surface area contributed by atoms with Crippen LogP contribution in [0.5, 0.6) is 0 Å². The maximum Gasteiger partial charge on any atom is 0.126 e. The standard InChI is InChI=1S/C17H24FN/c1-2-19-17(11-14-5-3-4-6-16(14)18)15-10-12-7-8-13(15)9-12/h3-6,12-13,15,17,19H,2,7-11H2,1H3. The number of likely N-dealkylation sites (N-methyl/N-ethyl adjacent to an activating group) is 1. The summed E-state index contributed by atoms with van der Waals surface area (Å²) in [7, 11) is 0. The zero-order valence-electron chi connectivity index (χ0n) is 11.7. The van der Waals surface area contributed by atoms with Crippen molar-refractivity contribution in [2.75, 3.05) is 6.54 Å². The van der Waals surface area contributed by atoms with Gasteiger partial charge in [0.1, 0.15) is 5.82 Å². The Hall–Kier alpha value is -0.890. The van der Waals surface area contributed by atoms with Crippen LogP contribution < -0.4 is 5.32 Å². The Bertz CT molecular complexity index is 431. The monoisotopic (exact) mass is 261 g/mol. The molecule has 19 heavy (non-hydrogen) atoms. The van der Waals surface area contributed by atoms with Crippen LogP contribution in [0, 0.1) is 23.6 Å². The SMILES string of the molecule is CCNC(Cc1ccccc1F)C1CC2CCC1C2. The van der Waals surface area contributed by atoms with E-state index in [1.807, 2.05) is 12.1 Å². The third kappa shape index (κ3) is 2.69. The second kappa shape index (κ2) is 5.62. The Morgan fingerprint density at radius 1 is 1.26 bits per heavy atom. The molecule has 2 fully saturated rings. The number of nitrogens with one attached hydrogen (secondary N) is 1. The van der Waals surface area contributed by atoms with Gasteiger partial charge < -0.3 is 5.32 Å². The van der Waals surface area contributed by atoms with E-state index in [1.54, 1.807) is 12.1 Å². The largest absolute Gasteiger partial charge is 0.314 e. The molecule has 0 heterocycles. The van der Waals surface area contributed by atoms with Crippen molar-refractivity contribution >= 4 is 0 Å². The molecule has 0 radical (unpaired) electrons. The number of benzene rings is 1. The van der Waals surface area contributed by atoms with Crippen LogP contribution in [0.2, 0.25) is 0 Å². The fraction of sp³-hybridized carbons (Fsp3) is 0.647. The second-order valence-corrected chi connectivity index (χ2v) is 6.30. The molecule has 2 bridgehead atoms. The van der Waals surface area contributed by atoms with Gasteiger partial charge in [-0.25, -0.2) is 4.39 Å². The first-order valence-corrected chi connectivity index (χ1v) is 7.74. The summed E-state index contributed by atoms with van der Waals surface area (Å²) in [6, 6.07) is 7.70. The average Bonchev–Trinajstić information content (AvgIpc) is 3.03. The Kier molecular flexibility index (Phi) is 3.88. The van der Waals surface area contributed by atoms with E-state index in [0.717, 1.165) is 36.3 Å². The molecule has 2 aliphatic carbocycles. The van der Waals surface area contributed by atoms with Crippen molar-refractivity contribution in [2.24, 2.45) is 17.8 Å². The van der Waals surface area contributed by atoms with Gasteiger partial charge in [0.25, 0.3) is 0 Å². The topological polar surface area (TPSA) is 12.0 Å². The Balaban J connectivity index is 1.73. The summed E-state index contributed by atoms with van der Waals surface area (Å²) in [5.74, 6) is 2.56. The van der Waals surface area contributed by atoms with Gasteiger partial charge in [0, 0.05) is 6.04 Å². The smallest absolute Gasteiger partial charge is 0.126 e. The quantitative estimate of drug-likeness (QED) is 0.850. The minimum absolute atomic E-state index is 0.0476. The molecule has 2 aliphatic rings. The number of hydrogen-bond donors (Lipinski definition) is 1. The highest BCUT2D eigenvalue weighted by molar-refractivity contribution is 5.19. The minimum Gasteiger partial charge on any atom is -0.314 e. The van der Waals surface area contributed by atoms with Gasteiger partial charge >= 0.3 is 0 Å². The molecular formula is C17H24FN. The Morgan fingerprint density at radius 3 is 2.74 bits per heavy atom. The van der Waals surface area contributed by atoms with Gasteiger partial charge in [0.05, 0.1) is 0 Å². The molecule has 1 N–H and O–H groups in total. The highest BCUT2D eigenvalue weighted by Gasteiger charge is 2.42. The Labute approximate surface area is 115 Å². The average molecular weight is 261 g/mol. The van der Waals surface area contributed by atoms with Crippen LogP contribution in [0.25, 0.3) is 0 Å². The summed E-state index contributed by atoms with van der Waals surface area (Å²) < 4.78 is 13.8. The highest BCUT2D eigenvalue weighted by atomic mass is 19.1. The van der Waals surface area contributed by atoms with Gasteiger partial charge in [-0.2, -0.15) is 0 Å². The van der Waals surface area contributed by atoms with Crippen molar-refractivity contribution in [2.45, 2.75) is 45.1 Å². The normalized spacial score (nSPS) is 30.7. The molecular weight excluding hydrogens is 237 g/mol. The molecule has 4 atom stereocenters. The first-order chi connectivity index (χ1) is 9.28. The van der Waals surface area contributed by atoms with E-state index in [4.69, 9.17) is 0 Å². The van der Waals surface area contributed by atoms with E-state index in [2.05, 4.69) is 12.2 Å². The summed E-state index contributed by atoms with van der Waals surface area (Å²) >= 11 is 0. The van der Waals surface area contributed by atoms with Gasteiger partial charge in [-0.3, -0.25) is 0 Å². The van der Waals surface area contributed by atoms with E-state index >= 15 is 0 Å². The van der Waals surface area contributed by atoms with Crippen LogP contribution in [0.3, 0.4) is 0 Å². The van der Waals surface area contributed by atoms with Crippen molar-refractivity contribution < 1.29 is 4.39 Å². The molecule has 104 valence electrons. The molecule has 1 nitrogen and oxygen atoms in total. The fourth-order valence-electron chi connectivity index (χ4n) is 4.32. The summed E-state index contributed by atoms with van der Waals surface area (Å²) in [6.45, 7) is 3.13. The van der Waals surface area contributed by atoms with E-state index < -0.39 is 0 Å². The maximum atomic E-state index is 13.8. The van der Waals surface area contributed by atoms with Crippen LogP contribution in [0.1, 0.15) is 38.2 Å². The summed E-state index contributed by atoms with van der Waals surface area (Å²) in [5.41, 5.74) is 0.872. The van der Waals surface area contributed by atoms with Crippen molar-refractivity contribution in [3.05, 3.63) is 35.6 Å². The molecule has 0 saturated heterocycles. The fourth-order valence-corrected chi connectivity index (χ4v) is 4.32. The molecule has 1 aromatic rings. The number of hydrogen-bond acceptors (Lipinski definition) is 1. The predicted octanol–water partition coefficient (Wildman–Crippen LogP) is 3.78. The van der Waals surface area contributed by atoms with Crippen LogP contribution in [-0.4, -0.2) is 12.6 Å². The molecule has 0 spiro atoms. The molecule has 2 heteroatoms. The first kappa shape index (κ1) is 13.1. The van der Waals surface area contributed by atoms with Crippen molar-refractivity contribution in [1.29, 1.82) is 0 Å². The minimum atomic E-state index is -0.0476. The summed E-state index contributed by atoms with van der Waals surface area (Å²) in [5, 5.41) is 3.62. The van der Waals surface area contributed by atoms with E-state index in [9.17, 15) is 4.39 Å². The van der Waals surface area contributed by atoms with E-state index in [1.165, 1.54) is 25.7 Å². The third-order valence-corrected chi connectivity index (χ3v) is 5.17. The summed E-state index contributed by atoms with van der Waals surface area (Å²) in [4.78, 5) is 0. The third-order valence-electron chi connectivity index (χ3n) is 5.17. The van der Waals surface area contributed by atoms with Crippen molar-refractivity contribution in [1.82, 2.24) is 5.32 Å². The van der Waals surface area contributed by atoms with Crippen LogP contribution in [0.4, 0.5) is 4.39 Å². The molecule has 1 aromatic carbocycles. The van der Waals surface area contributed by atoms with Gasteiger partial charge in [-0.15, -0.1) is 0 Å². The number of rotatable bonds is 5. The van der Waals surface area contributed by atoms with Gasteiger partial charge in [0.15, 0.2) is 0 Å². The maximum absolute atomic E-state index is 13.8. The van der Waals surface area contributed by atoms with Gasteiger partial charge in [-0.1, -0.05) is 31.5 Å². The molecule has 0 aromatic heterocycles. The zero-order chi connectivity index (χ0) is 13.2. The first-order valence-electron chi connectivity index (χ1n) is 7.74. The molecule has 2 saturated carbocycles. The van der Waals surface area contributed by atoms with Crippen LogP contribution >= 0.6 is 0 Å². The van der Waals surface area contributed by atoms with Gasteiger partial charge in [-0.05, 0) is 61.6 Å². The van der Waals surface area contributed by atoms with Crippen LogP contribution in [-0.2, 0) is 6.42 Å². The molecule has 0 aliphatic heterocycles. The highest BCUT2D eigenvalue weighted by Crippen LogP contribution is 2.49. The lowest BCUT2D eigenvalue weighted by Crippen LogP contribution is -2.40. The van der Waals surface area contributed by atoms with E-state index in [-0.39, 0.29) is 5.82 Å². The molecule has 0 amide bonds. The van der Waals surface area contributed by atoms with Crippen molar-refractivity contribution in [3.63, 3.8) is 0 Å². The Morgan fingerprint density at radius 2 is 2.11 bits per heavy atom. The number of halogens is 1. The lowest BCUT2D eigenvalue weighted by atomic mass is 9.81. The summed E-state index contributed by atoms with van der Waals surface area (Å²) in [6.07, 6.45) is 6.45. The molecule has 3 rings (SSSR count). The molecule has 4 unspecified atom stereocenters. The lowest BCUT2D eigenvalue weighted by Gasteiger charge is -2.31. The van der Waals surface area contributed by atoms with Crippen molar-refractivity contribution in [3.8, 4) is 0 Å². The lowest BCUT2D eigenvalue weighted by molar-refractivity contribution is 0.248. The zero-order valence-corrected chi connectivity index (χ0v) is 11.7. The second-order valence-electron chi connectivity index (χ2n) is 6.30. The predicted molar refractivity (Wildman–Crippen MR) is 76.5 cm³/mol. The van der Waals surface area contributed by atoms with E-state index in [0.29, 0.717) is 6.04 Å².